The Morgan fingerprint density at radius 3 is 2.44 bits per heavy atom. The maximum Gasteiger partial charge on any atom is 0.274 e. The Bertz CT molecular complexity index is 1010. The fourth-order valence-corrected chi connectivity index (χ4v) is 2.84. The molecule has 0 spiro atoms. The van der Waals surface area contributed by atoms with Crippen LogP contribution >= 0.6 is 0 Å². The van der Waals surface area contributed by atoms with Gasteiger partial charge in [-0.25, -0.2) is 4.68 Å². The van der Waals surface area contributed by atoms with Gasteiger partial charge in [0.2, 0.25) is 0 Å². The summed E-state index contributed by atoms with van der Waals surface area (Å²) in [7, 11) is 1.60. The van der Waals surface area contributed by atoms with Crippen molar-refractivity contribution in [1.82, 2.24) is 15.1 Å². The van der Waals surface area contributed by atoms with Crippen molar-refractivity contribution in [2.24, 2.45) is 7.05 Å². The van der Waals surface area contributed by atoms with Gasteiger partial charge in [-0.05, 0) is 29.7 Å². The predicted octanol–water partition coefficient (Wildman–Crippen LogP) is 2.75. The van der Waals surface area contributed by atoms with Crippen molar-refractivity contribution < 1.29 is 9.53 Å². The van der Waals surface area contributed by atoms with E-state index >= 15 is 0 Å². The Kier molecular flexibility index (Phi) is 5.54. The third kappa shape index (κ3) is 4.34. The van der Waals surface area contributed by atoms with Gasteiger partial charge in [0.15, 0.2) is 6.61 Å². The van der Waals surface area contributed by atoms with Crippen molar-refractivity contribution in [3.05, 3.63) is 70.1 Å². The molecule has 27 heavy (non-hydrogen) atoms. The number of aromatic nitrogens is 2. The standard InChI is InChI=1S/C21H23N3O3/c1-14(2)15-8-10-16(11-9-15)27-13-20(25)22-12-19-17-6-4-5-7-18(17)21(26)24(3)23-19/h4-11,14H,12-13H2,1-3H3,(H,22,25). The van der Waals surface area contributed by atoms with E-state index in [1.807, 2.05) is 42.5 Å². The first kappa shape index (κ1) is 18.6. The van der Waals surface area contributed by atoms with E-state index < -0.39 is 0 Å². The topological polar surface area (TPSA) is 73.2 Å². The number of aryl methyl sites for hydroxylation is 1. The molecule has 1 heterocycles. The molecule has 1 aromatic heterocycles. The van der Waals surface area contributed by atoms with E-state index in [4.69, 9.17) is 4.74 Å². The number of fused-ring (bicyclic) bond motifs is 1. The average molecular weight is 365 g/mol. The number of rotatable bonds is 6. The molecule has 1 N–H and O–H groups in total. The van der Waals surface area contributed by atoms with Crippen molar-refractivity contribution in [3.63, 3.8) is 0 Å². The second kappa shape index (κ2) is 8.03. The molecule has 0 radical (unpaired) electrons. The predicted molar refractivity (Wildman–Crippen MR) is 105 cm³/mol. The molecule has 0 bridgehead atoms. The molecule has 0 unspecified atom stereocenters. The zero-order valence-electron chi connectivity index (χ0n) is 15.7. The third-order valence-corrected chi connectivity index (χ3v) is 4.40. The minimum Gasteiger partial charge on any atom is -0.484 e. The molecule has 0 aliphatic rings. The molecule has 0 aliphatic heterocycles. The van der Waals surface area contributed by atoms with E-state index in [2.05, 4.69) is 24.3 Å². The summed E-state index contributed by atoms with van der Waals surface area (Å²) in [6.07, 6.45) is 0. The van der Waals surface area contributed by atoms with Crippen LogP contribution in [0.2, 0.25) is 0 Å². The van der Waals surface area contributed by atoms with Crippen LogP contribution in [0.4, 0.5) is 0 Å². The van der Waals surface area contributed by atoms with Gasteiger partial charge in [-0.2, -0.15) is 5.10 Å². The highest BCUT2D eigenvalue weighted by Crippen LogP contribution is 2.18. The highest BCUT2D eigenvalue weighted by atomic mass is 16.5. The first-order chi connectivity index (χ1) is 13.0. The third-order valence-electron chi connectivity index (χ3n) is 4.40. The number of carbonyl (C=O) groups excluding carboxylic acids is 1. The quantitative estimate of drug-likeness (QED) is 0.729. The zero-order valence-corrected chi connectivity index (χ0v) is 15.7. The number of benzene rings is 2. The molecule has 1 amide bonds. The lowest BCUT2D eigenvalue weighted by Crippen LogP contribution is -2.30. The highest BCUT2D eigenvalue weighted by Gasteiger charge is 2.10. The Hall–Kier alpha value is -3.15. The summed E-state index contributed by atoms with van der Waals surface area (Å²) in [5.74, 6) is 0.856. The summed E-state index contributed by atoms with van der Waals surface area (Å²) < 4.78 is 6.82. The van der Waals surface area contributed by atoms with Gasteiger partial charge < -0.3 is 10.1 Å². The Balaban J connectivity index is 1.62. The fourth-order valence-electron chi connectivity index (χ4n) is 2.84. The van der Waals surface area contributed by atoms with Crippen LogP contribution in [0.25, 0.3) is 10.8 Å². The number of amides is 1. The zero-order chi connectivity index (χ0) is 19.4. The molecule has 0 aliphatic carbocycles. The van der Waals surface area contributed by atoms with Gasteiger partial charge in [-0.15, -0.1) is 0 Å². The minimum atomic E-state index is -0.248. The van der Waals surface area contributed by atoms with Crippen LogP contribution < -0.4 is 15.6 Å². The second-order valence-corrected chi connectivity index (χ2v) is 6.71. The molecule has 0 saturated carbocycles. The van der Waals surface area contributed by atoms with Crippen LogP contribution in [0.3, 0.4) is 0 Å². The number of ether oxygens (including phenoxy) is 1. The normalized spacial score (nSPS) is 11.0. The Labute approximate surface area is 157 Å². The minimum absolute atomic E-state index is 0.0786. The van der Waals surface area contributed by atoms with Gasteiger partial charge >= 0.3 is 0 Å². The van der Waals surface area contributed by atoms with Gasteiger partial charge in [0.1, 0.15) is 5.75 Å². The van der Waals surface area contributed by atoms with Gasteiger partial charge in [-0.3, -0.25) is 9.59 Å². The fraction of sp³-hybridized carbons (Fsp3) is 0.286. The van der Waals surface area contributed by atoms with Crippen LogP contribution in [-0.2, 0) is 18.4 Å². The van der Waals surface area contributed by atoms with E-state index in [9.17, 15) is 9.59 Å². The summed E-state index contributed by atoms with van der Waals surface area (Å²) >= 11 is 0. The number of hydrogen-bond donors (Lipinski definition) is 1. The summed E-state index contributed by atoms with van der Waals surface area (Å²) in [6.45, 7) is 4.40. The van der Waals surface area contributed by atoms with E-state index in [0.717, 1.165) is 5.39 Å². The maximum atomic E-state index is 12.1. The largest absolute Gasteiger partial charge is 0.484 e. The number of carbonyl (C=O) groups is 1. The van der Waals surface area contributed by atoms with Gasteiger partial charge in [0.05, 0.1) is 17.6 Å². The first-order valence-corrected chi connectivity index (χ1v) is 8.90. The SMILES string of the molecule is CC(C)c1ccc(OCC(=O)NCc2nn(C)c(=O)c3ccccc23)cc1. The summed E-state index contributed by atoms with van der Waals surface area (Å²) in [6, 6.07) is 15.0. The summed E-state index contributed by atoms with van der Waals surface area (Å²) in [5, 5.41) is 8.39. The molecule has 3 rings (SSSR count). The summed E-state index contributed by atoms with van der Waals surface area (Å²) in [4.78, 5) is 24.3. The van der Waals surface area contributed by atoms with E-state index in [1.54, 1.807) is 13.1 Å². The van der Waals surface area contributed by atoms with Crippen LogP contribution in [0.15, 0.2) is 53.3 Å². The molecular formula is C21H23N3O3. The monoisotopic (exact) mass is 365 g/mol. The lowest BCUT2D eigenvalue weighted by Gasteiger charge is -2.11. The van der Waals surface area contributed by atoms with Crippen LogP contribution in [0.1, 0.15) is 31.0 Å². The smallest absolute Gasteiger partial charge is 0.274 e. The van der Waals surface area contributed by atoms with Crippen molar-refractivity contribution >= 4 is 16.7 Å². The van der Waals surface area contributed by atoms with Crippen LogP contribution in [0.5, 0.6) is 5.75 Å². The van der Waals surface area contributed by atoms with Crippen molar-refractivity contribution in [3.8, 4) is 5.75 Å². The number of hydrogen-bond acceptors (Lipinski definition) is 4. The maximum absolute atomic E-state index is 12.1. The van der Waals surface area contributed by atoms with Gasteiger partial charge in [-0.1, -0.05) is 44.2 Å². The molecule has 3 aromatic rings. The van der Waals surface area contributed by atoms with Gasteiger partial charge in [0, 0.05) is 12.4 Å². The molecule has 6 nitrogen and oxygen atoms in total. The van der Waals surface area contributed by atoms with E-state index in [-0.39, 0.29) is 24.6 Å². The average Bonchev–Trinajstić information content (AvgIpc) is 2.68. The molecular weight excluding hydrogens is 342 g/mol. The highest BCUT2D eigenvalue weighted by molar-refractivity contribution is 5.84. The Morgan fingerprint density at radius 1 is 1.11 bits per heavy atom. The number of nitrogens with one attached hydrogen (secondary N) is 1. The van der Waals surface area contributed by atoms with Crippen molar-refractivity contribution in [1.29, 1.82) is 0 Å². The lowest BCUT2D eigenvalue weighted by atomic mass is 10.0. The van der Waals surface area contributed by atoms with Gasteiger partial charge in [0.25, 0.3) is 11.5 Å². The Morgan fingerprint density at radius 2 is 1.78 bits per heavy atom. The van der Waals surface area contributed by atoms with Crippen LogP contribution in [-0.4, -0.2) is 22.3 Å². The molecule has 6 heteroatoms. The van der Waals surface area contributed by atoms with Crippen molar-refractivity contribution in [2.45, 2.75) is 26.3 Å². The second-order valence-electron chi connectivity index (χ2n) is 6.71. The van der Waals surface area contributed by atoms with Crippen molar-refractivity contribution in [2.75, 3.05) is 6.61 Å². The van der Waals surface area contributed by atoms with Crippen LogP contribution in [0, 0.1) is 0 Å². The molecule has 140 valence electrons. The molecule has 0 fully saturated rings. The molecule has 2 aromatic carbocycles. The van der Waals surface area contributed by atoms with E-state index in [0.29, 0.717) is 22.7 Å². The summed E-state index contributed by atoms with van der Waals surface area (Å²) in [5.41, 5.74) is 1.70. The molecule has 0 atom stereocenters. The molecule has 0 saturated heterocycles. The first-order valence-electron chi connectivity index (χ1n) is 8.90. The van der Waals surface area contributed by atoms with E-state index in [1.165, 1.54) is 10.2 Å². The lowest BCUT2D eigenvalue weighted by molar-refractivity contribution is -0.123. The number of nitrogens with zero attached hydrogens (tertiary/aromatic N) is 2.